The molecule has 1 saturated heterocycles. The molecule has 1 unspecified atom stereocenters. The number of hydrogen-bond donors (Lipinski definition) is 2. The fourth-order valence-electron chi connectivity index (χ4n) is 3.61. The van der Waals surface area contributed by atoms with E-state index in [1.807, 2.05) is 5.55 Å². The second-order valence-corrected chi connectivity index (χ2v) is 11.6. The average Bonchev–Trinajstić information content (AvgIpc) is 3.01. The number of hydrogen-bond acceptors (Lipinski definition) is 2. The minimum Gasteiger partial charge on any atom is -0.507 e. The van der Waals surface area contributed by atoms with Gasteiger partial charge in [-0.25, -0.2) is 4.99 Å². The maximum Gasteiger partial charge on any atom is 0.256 e. The molecular formula is C23H32N2O2S. The van der Waals surface area contributed by atoms with Crippen LogP contribution in [0.15, 0.2) is 22.7 Å². The molecule has 2 aliphatic heterocycles. The minimum atomic E-state index is -0.135. The van der Waals surface area contributed by atoms with Gasteiger partial charge in [-0.1, -0.05) is 53.2 Å². The predicted molar refractivity (Wildman–Crippen MR) is 122 cm³/mol. The Bertz CT molecular complexity index is 849. The third-order valence-electron chi connectivity index (χ3n) is 5.22. The van der Waals surface area contributed by atoms with Gasteiger partial charge in [0.25, 0.3) is 5.91 Å². The summed E-state index contributed by atoms with van der Waals surface area (Å²) in [6.45, 7) is 13.6. The van der Waals surface area contributed by atoms with E-state index in [-0.39, 0.29) is 27.2 Å². The number of aliphatic imine (C=N–C) groups is 1. The minimum absolute atomic E-state index is 0.00696. The SMILES string of the molecule is CC(C)(C)c1cc(/C=C2/CC/C(=S3/C=NC(=O)C3)NC2)cc(C(C)(C)C)c1O. The van der Waals surface area contributed by atoms with Crippen LogP contribution in [0.2, 0.25) is 0 Å². The molecule has 2 aliphatic rings. The molecule has 1 aromatic carbocycles. The number of amides is 1. The van der Waals surface area contributed by atoms with Gasteiger partial charge in [0.05, 0.1) is 11.3 Å². The van der Waals surface area contributed by atoms with Crippen LogP contribution < -0.4 is 5.32 Å². The summed E-state index contributed by atoms with van der Waals surface area (Å²) in [6, 6.07) is 4.25. The van der Waals surface area contributed by atoms with Crippen LogP contribution in [0.4, 0.5) is 0 Å². The summed E-state index contributed by atoms with van der Waals surface area (Å²) < 4.78 is 0. The Morgan fingerprint density at radius 1 is 1.07 bits per heavy atom. The van der Waals surface area contributed by atoms with Crippen molar-refractivity contribution >= 4 is 33.0 Å². The summed E-state index contributed by atoms with van der Waals surface area (Å²) in [6.07, 6.45) is 4.19. The van der Waals surface area contributed by atoms with Crippen LogP contribution in [0.1, 0.15) is 71.1 Å². The zero-order valence-corrected chi connectivity index (χ0v) is 18.7. The molecule has 5 heteroatoms. The molecule has 2 N–H and O–H groups in total. The van der Waals surface area contributed by atoms with Gasteiger partial charge in [0.2, 0.25) is 0 Å². The summed E-state index contributed by atoms with van der Waals surface area (Å²) >= 11 is 0. The van der Waals surface area contributed by atoms with E-state index >= 15 is 0 Å². The number of piperidine rings is 1. The van der Waals surface area contributed by atoms with Crippen molar-refractivity contribution in [3.8, 4) is 5.75 Å². The highest BCUT2D eigenvalue weighted by molar-refractivity contribution is 8.28. The first-order valence-electron chi connectivity index (χ1n) is 9.89. The van der Waals surface area contributed by atoms with Crippen LogP contribution in [-0.4, -0.2) is 33.8 Å². The molecule has 1 amide bonds. The predicted octanol–water partition coefficient (Wildman–Crippen LogP) is 4.72. The number of phenols is 1. The summed E-state index contributed by atoms with van der Waals surface area (Å²) in [7, 11) is -0.135. The Hall–Kier alpha value is -1.72. The van der Waals surface area contributed by atoms with E-state index in [0.29, 0.717) is 11.5 Å². The smallest absolute Gasteiger partial charge is 0.256 e. The van der Waals surface area contributed by atoms with Crippen molar-refractivity contribution in [1.29, 1.82) is 0 Å². The Labute approximate surface area is 171 Å². The number of rotatable bonds is 1. The molecule has 28 heavy (non-hydrogen) atoms. The molecule has 1 atom stereocenters. The second-order valence-electron chi connectivity index (χ2n) is 9.75. The lowest BCUT2D eigenvalue weighted by molar-refractivity contribution is -0.115. The van der Waals surface area contributed by atoms with Gasteiger partial charge >= 0.3 is 0 Å². The number of benzene rings is 1. The molecule has 0 spiro atoms. The maximum absolute atomic E-state index is 11.4. The molecule has 0 radical (unpaired) electrons. The van der Waals surface area contributed by atoms with Gasteiger partial charge < -0.3 is 5.11 Å². The summed E-state index contributed by atoms with van der Waals surface area (Å²) in [5.41, 5.74) is 6.03. The fraction of sp³-hybridized carbons (Fsp3) is 0.522. The van der Waals surface area contributed by atoms with Gasteiger partial charge in [0.15, 0.2) is 0 Å². The lowest BCUT2D eigenvalue weighted by Gasteiger charge is -2.28. The van der Waals surface area contributed by atoms with Gasteiger partial charge in [-0.05, 0) is 41.4 Å². The average molecular weight is 401 g/mol. The zero-order valence-electron chi connectivity index (χ0n) is 17.8. The van der Waals surface area contributed by atoms with Gasteiger partial charge in [-0.2, -0.15) is 0 Å². The van der Waals surface area contributed by atoms with Crippen LogP contribution in [0.25, 0.3) is 6.08 Å². The fourth-order valence-corrected chi connectivity index (χ4v) is 5.19. The van der Waals surface area contributed by atoms with E-state index in [1.54, 1.807) is 0 Å². The maximum atomic E-state index is 11.4. The number of phenolic OH excluding ortho intramolecular Hbond substituents is 1. The molecule has 3 rings (SSSR count). The van der Waals surface area contributed by atoms with Gasteiger partial charge in [0.1, 0.15) is 5.75 Å². The standard InChI is InChI=1S/C23H32N2O2S/c1-22(2,3)17-10-16(11-18(21(17)27)23(4,5)6)9-15-7-8-20(24-12-15)28-13-19(26)25-14-28/h9-11,14,24,27H,7-8,12-13H2,1-6H3/b15-9-. The van der Waals surface area contributed by atoms with E-state index < -0.39 is 0 Å². The Morgan fingerprint density at radius 3 is 2.11 bits per heavy atom. The van der Waals surface area contributed by atoms with Gasteiger partial charge in [0, 0.05) is 22.7 Å². The summed E-state index contributed by atoms with van der Waals surface area (Å²) in [5, 5.41) is 14.4. The molecular weight excluding hydrogens is 368 g/mol. The van der Waals surface area contributed by atoms with Crippen molar-refractivity contribution in [2.24, 2.45) is 4.99 Å². The van der Waals surface area contributed by atoms with E-state index in [1.165, 1.54) is 10.6 Å². The van der Waals surface area contributed by atoms with E-state index in [2.05, 4.69) is 70.1 Å². The topological polar surface area (TPSA) is 61.7 Å². The summed E-state index contributed by atoms with van der Waals surface area (Å²) in [5.74, 6) is 0.946. The van der Waals surface area contributed by atoms with Crippen molar-refractivity contribution in [1.82, 2.24) is 5.32 Å². The van der Waals surface area contributed by atoms with Crippen molar-refractivity contribution in [2.45, 2.75) is 65.2 Å². The van der Waals surface area contributed by atoms with E-state index in [4.69, 9.17) is 0 Å². The quantitative estimate of drug-likeness (QED) is 0.671. The lowest BCUT2D eigenvalue weighted by Crippen LogP contribution is -2.31. The molecule has 0 aliphatic carbocycles. The van der Waals surface area contributed by atoms with Crippen LogP contribution in [0, 0.1) is 0 Å². The molecule has 0 saturated carbocycles. The van der Waals surface area contributed by atoms with Gasteiger partial charge in [-0.3, -0.25) is 10.1 Å². The molecule has 1 fully saturated rings. The van der Waals surface area contributed by atoms with Gasteiger partial charge in [-0.15, -0.1) is 10.5 Å². The molecule has 1 aromatic rings. The Morgan fingerprint density at radius 2 is 1.68 bits per heavy atom. The highest BCUT2D eigenvalue weighted by atomic mass is 32.2. The Balaban J connectivity index is 1.90. The van der Waals surface area contributed by atoms with E-state index in [9.17, 15) is 9.90 Å². The van der Waals surface area contributed by atoms with Crippen LogP contribution in [-0.2, 0) is 15.6 Å². The van der Waals surface area contributed by atoms with Crippen molar-refractivity contribution in [2.75, 3.05) is 12.3 Å². The monoisotopic (exact) mass is 400 g/mol. The van der Waals surface area contributed by atoms with Crippen LogP contribution in [0.3, 0.4) is 0 Å². The molecule has 152 valence electrons. The van der Waals surface area contributed by atoms with Crippen molar-refractivity contribution < 1.29 is 9.90 Å². The highest BCUT2D eigenvalue weighted by Crippen LogP contribution is 2.40. The molecule has 0 bridgehead atoms. The first-order chi connectivity index (χ1) is 12.9. The molecule has 4 nitrogen and oxygen atoms in total. The number of nitrogens with zero attached hydrogens (tertiary/aromatic N) is 1. The van der Waals surface area contributed by atoms with Crippen molar-refractivity contribution in [3.63, 3.8) is 0 Å². The number of aromatic hydroxyl groups is 1. The third-order valence-corrected chi connectivity index (χ3v) is 7.12. The normalized spacial score (nSPS) is 23.6. The summed E-state index contributed by atoms with van der Waals surface area (Å²) in [4.78, 5) is 16.5. The first-order valence-corrected chi connectivity index (χ1v) is 11.3. The number of carbonyl (C=O) groups excluding carboxylic acids is 1. The van der Waals surface area contributed by atoms with E-state index in [0.717, 1.165) is 36.1 Å². The second kappa shape index (κ2) is 7.60. The first kappa shape index (κ1) is 21.0. The third kappa shape index (κ3) is 4.64. The highest BCUT2D eigenvalue weighted by Gasteiger charge is 2.26. The number of nitrogens with one attached hydrogen (secondary N) is 1. The molecule has 2 heterocycles. The largest absolute Gasteiger partial charge is 0.507 e. The van der Waals surface area contributed by atoms with Crippen molar-refractivity contribution in [3.05, 3.63) is 34.4 Å². The lowest BCUT2D eigenvalue weighted by atomic mass is 9.78. The Kier molecular flexibility index (Phi) is 5.70. The van der Waals surface area contributed by atoms with Crippen LogP contribution in [0.5, 0.6) is 5.75 Å². The zero-order chi connectivity index (χ0) is 20.7. The number of carbonyl (C=O) groups is 1. The van der Waals surface area contributed by atoms with Crippen LogP contribution >= 0.6 is 10.5 Å². The molecule has 0 aromatic heterocycles.